The van der Waals surface area contributed by atoms with Gasteiger partial charge in [-0.1, -0.05) is 82.9 Å². The van der Waals surface area contributed by atoms with Crippen LogP contribution in [0.1, 0.15) is 77.6 Å². The van der Waals surface area contributed by atoms with Crippen LogP contribution in [0, 0.1) is 0 Å². The highest BCUT2D eigenvalue weighted by Gasteiger charge is 2.18. The Kier molecular flexibility index (Phi) is 11.0. The van der Waals surface area contributed by atoms with E-state index in [-0.39, 0.29) is 0 Å². The van der Waals surface area contributed by atoms with Crippen LogP contribution in [-0.4, -0.2) is 17.2 Å². The van der Waals surface area contributed by atoms with Gasteiger partial charge in [0.15, 0.2) is 6.10 Å². The minimum atomic E-state index is -0.871. The van der Waals surface area contributed by atoms with Crippen molar-refractivity contribution in [2.45, 2.75) is 83.7 Å². The third-order valence-corrected chi connectivity index (χ3v) is 4.12. The average Bonchev–Trinajstić information content (AvgIpc) is 2.56. The van der Waals surface area contributed by atoms with Gasteiger partial charge in [0.2, 0.25) is 0 Å². The van der Waals surface area contributed by atoms with Crippen molar-refractivity contribution in [3.63, 3.8) is 0 Å². The van der Waals surface area contributed by atoms with Crippen molar-refractivity contribution in [2.24, 2.45) is 0 Å². The fourth-order valence-corrected chi connectivity index (χ4v) is 2.71. The highest BCUT2D eigenvalue weighted by molar-refractivity contribution is 5.72. The van der Waals surface area contributed by atoms with Crippen LogP contribution >= 0.6 is 0 Å². The van der Waals surface area contributed by atoms with Gasteiger partial charge in [-0.15, -0.1) is 0 Å². The quantitative estimate of drug-likeness (QED) is 0.439. The summed E-state index contributed by atoms with van der Waals surface area (Å²) in [5.74, 6) is -0.239. The van der Waals surface area contributed by atoms with Crippen molar-refractivity contribution < 1.29 is 14.6 Å². The Morgan fingerprint density at radius 2 is 1.43 bits per heavy atom. The SMILES string of the molecule is CCCCCCCCCCCCC(Oc1ccccc1)C(=O)O. The van der Waals surface area contributed by atoms with Crippen LogP contribution in [0.3, 0.4) is 0 Å². The molecular weight excluding hydrogens is 288 g/mol. The number of benzene rings is 1. The second-order valence-corrected chi connectivity index (χ2v) is 6.23. The van der Waals surface area contributed by atoms with Gasteiger partial charge < -0.3 is 9.84 Å². The highest BCUT2D eigenvalue weighted by atomic mass is 16.5. The molecular formula is C20H32O3. The lowest BCUT2D eigenvalue weighted by atomic mass is 10.0. The van der Waals surface area contributed by atoms with Crippen LogP contribution in [0.5, 0.6) is 5.75 Å². The minimum Gasteiger partial charge on any atom is -0.479 e. The molecule has 1 aromatic rings. The minimum absolute atomic E-state index is 0.584. The Hall–Kier alpha value is -1.51. The first kappa shape index (κ1) is 19.5. The summed E-state index contributed by atoms with van der Waals surface area (Å²) < 4.78 is 5.56. The van der Waals surface area contributed by atoms with E-state index in [1.165, 1.54) is 51.4 Å². The number of hydrogen-bond donors (Lipinski definition) is 1. The molecule has 0 radical (unpaired) electrons. The van der Waals surface area contributed by atoms with Crippen LogP contribution in [-0.2, 0) is 4.79 Å². The molecule has 0 spiro atoms. The van der Waals surface area contributed by atoms with Crippen molar-refractivity contribution in [3.8, 4) is 5.75 Å². The molecule has 3 nitrogen and oxygen atoms in total. The smallest absolute Gasteiger partial charge is 0.344 e. The summed E-state index contributed by atoms with van der Waals surface area (Å²) in [4.78, 5) is 11.3. The van der Waals surface area contributed by atoms with Crippen molar-refractivity contribution in [1.82, 2.24) is 0 Å². The van der Waals surface area contributed by atoms with E-state index in [1.807, 2.05) is 18.2 Å². The summed E-state index contributed by atoms with van der Waals surface area (Å²) in [6, 6.07) is 9.21. The normalized spacial score (nSPS) is 12.0. The molecule has 3 heteroatoms. The average molecular weight is 320 g/mol. The number of carboxylic acid groups (broad SMARTS) is 1. The van der Waals surface area contributed by atoms with Gasteiger partial charge in [-0.25, -0.2) is 4.79 Å². The van der Waals surface area contributed by atoms with Crippen molar-refractivity contribution in [2.75, 3.05) is 0 Å². The lowest BCUT2D eigenvalue weighted by Crippen LogP contribution is -2.26. The monoisotopic (exact) mass is 320 g/mol. The van der Waals surface area contributed by atoms with E-state index in [4.69, 9.17) is 4.74 Å². The van der Waals surface area contributed by atoms with E-state index in [9.17, 15) is 9.90 Å². The molecule has 0 aliphatic rings. The predicted molar refractivity (Wildman–Crippen MR) is 95.0 cm³/mol. The second-order valence-electron chi connectivity index (χ2n) is 6.23. The van der Waals surface area contributed by atoms with Crippen molar-refractivity contribution in [3.05, 3.63) is 30.3 Å². The standard InChI is InChI=1S/C20H32O3/c1-2-3-4-5-6-7-8-9-10-14-17-19(20(21)22)23-18-15-12-11-13-16-18/h11-13,15-16,19H,2-10,14,17H2,1H3,(H,21,22). The Morgan fingerprint density at radius 3 is 1.96 bits per heavy atom. The number of unbranched alkanes of at least 4 members (excludes halogenated alkanes) is 9. The van der Waals surface area contributed by atoms with Gasteiger partial charge in [0.25, 0.3) is 0 Å². The van der Waals surface area contributed by atoms with Gasteiger partial charge >= 0.3 is 5.97 Å². The number of rotatable bonds is 14. The number of ether oxygens (including phenoxy) is 1. The first-order valence-corrected chi connectivity index (χ1v) is 9.18. The molecule has 0 fully saturated rings. The molecule has 130 valence electrons. The molecule has 1 atom stereocenters. The Labute approximate surface area is 141 Å². The molecule has 23 heavy (non-hydrogen) atoms. The summed E-state index contributed by atoms with van der Waals surface area (Å²) in [5.41, 5.74) is 0. The van der Waals surface area contributed by atoms with Gasteiger partial charge in [-0.3, -0.25) is 0 Å². The molecule has 0 heterocycles. The van der Waals surface area contributed by atoms with Gasteiger partial charge in [-0.2, -0.15) is 0 Å². The summed E-state index contributed by atoms with van der Waals surface area (Å²) >= 11 is 0. The van der Waals surface area contributed by atoms with Crippen LogP contribution in [0.4, 0.5) is 0 Å². The van der Waals surface area contributed by atoms with E-state index in [0.29, 0.717) is 12.2 Å². The van der Waals surface area contributed by atoms with E-state index < -0.39 is 12.1 Å². The number of carbonyl (C=O) groups is 1. The van der Waals surface area contributed by atoms with E-state index in [2.05, 4.69) is 6.92 Å². The molecule has 0 amide bonds. The molecule has 1 unspecified atom stereocenters. The maximum absolute atomic E-state index is 11.3. The van der Waals surface area contributed by atoms with Gasteiger partial charge in [0.1, 0.15) is 5.75 Å². The zero-order chi connectivity index (χ0) is 16.8. The Morgan fingerprint density at radius 1 is 0.913 bits per heavy atom. The summed E-state index contributed by atoms with van der Waals surface area (Å²) in [5, 5.41) is 9.25. The summed E-state index contributed by atoms with van der Waals surface area (Å²) in [6.45, 7) is 2.24. The summed E-state index contributed by atoms with van der Waals surface area (Å²) in [6.07, 6.45) is 12.4. The van der Waals surface area contributed by atoms with Crippen molar-refractivity contribution in [1.29, 1.82) is 0 Å². The topological polar surface area (TPSA) is 46.5 Å². The van der Waals surface area contributed by atoms with Crippen LogP contribution < -0.4 is 4.74 Å². The molecule has 0 saturated heterocycles. The second kappa shape index (κ2) is 13.0. The Balaban J connectivity index is 2.06. The van der Waals surface area contributed by atoms with Crippen molar-refractivity contribution >= 4 is 5.97 Å². The van der Waals surface area contributed by atoms with Crippen LogP contribution in [0.15, 0.2) is 30.3 Å². The number of hydrogen-bond acceptors (Lipinski definition) is 2. The third-order valence-electron chi connectivity index (χ3n) is 4.12. The van der Waals surface area contributed by atoms with Crippen LogP contribution in [0.2, 0.25) is 0 Å². The summed E-state index contributed by atoms with van der Waals surface area (Å²) in [7, 11) is 0. The molecule has 1 rings (SSSR count). The first-order valence-electron chi connectivity index (χ1n) is 9.18. The first-order chi connectivity index (χ1) is 11.2. The molecule has 1 aromatic carbocycles. The number of para-hydroxylation sites is 1. The van der Waals surface area contributed by atoms with E-state index in [0.717, 1.165) is 12.8 Å². The highest BCUT2D eigenvalue weighted by Crippen LogP contribution is 2.16. The molecule has 0 aliphatic heterocycles. The maximum Gasteiger partial charge on any atom is 0.344 e. The predicted octanol–water partition coefficient (Wildman–Crippen LogP) is 5.83. The van der Waals surface area contributed by atoms with Crippen LogP contribution in [0.25, 0.3) is 0 Å². The molecule has 1 N–H and O–H groups in total. The zero-order valence-corrected chi connectivity index (χ0v) is 14.5. The molecule has 0 bridgehead atoms. The Bertz CT molecular complexity index is 403. The van der Waals surface area contributed by atoms with Gasteiger partial charge in [0.05, 0.1) is 0 Å². The number of aliphatic carboxylic acids is 1. The molecule has 0 aliphatic carbocycles. The zero-order valence-electron chi connectivity index (χ0n) is 14.5. The van der Waals surface area contributed by atoms with E-state index >= 15 is 0 Å². The largest absolute Gasteiger partial charge is 0.479 e. The fourth-order valence-electron chi connectivity index (χ4n) is 2.71. The van der Waals surface area contributed by atoms with Gasteiger partial charge in [0, 0.05) is 0 Å². The lowest BCUT2D eigenvalue weighted by Gasteiger charge is -2.14. The fraction of sp³-hybridized carbons (Fsp3) is 0.650. The lowest BCUT2D eigenvalue weighted by molar-refractivity contribution is -0.145. The van der Waals surface area contributed by atoms with E-state index in [1.54, 1.807) is 12.1 Å². The molecule has 0 aromatic heterocycles. The number of carboxylic acids is 1. The third kappa shape index (κ3) is 9.98. The van der Waals surface area contributed by atoms with Gasteiger partial charge in [-0.05, 0) is 25.0 Å². The maximum atomic E-state index is 11.3. The molecule has 0 saturated carbocycles.